The first kappa shape index (κ1) is 25.6. The summed E-state index contributed by atoms with van der Waals surface area (Å²) in [5.41, 5.74) is 0.0647. The third kappa shape index (κ3) is 10.7. The summed E-state index contributed by atoms with van der Waals surface area (Å²) in [6.07, 6.45) is 3.43. The largest absolute Gasteiger partial charge is 0.483 e. The van der Waals surface area contributed by atoms with Gasteiger partial charge in [-0.15, -0.1) is 0 Å². The Morgan fingerprint density at radius 1 is 1.20 bits per heavy atom. The summed E-state index contributed by atoms with van der Waals surface area (Å²) >= 11 is 0. The van der Waals surface area contributed by atoms with Crippen molar-refractivity contribution in [3.05, 3.63) is 0 Å². The molecule has 1 heterocycles. The normalized spacial score (nSPS) is 15.3. The molecule has 0 aromatic heterocycles. The first-order valence-electron chi connectivity index (χ1n) is 8.64. The van der Waals surface area contributed by atoms with E-state index < -0.39 is 0 Å². The third-order valence-electron chi connectivity index (χ3n) is 4.38. The first-order chi connectivity index (χ1) is 11.7. The van der Waals surface area contributed by atoms with Crippen molar-refractivity contribution in [3.8, 4) is 0 Å². The van der Waals surface area contributed by atoms with Gasteiger partial charge >= 0.3 is 0 Å². The molecule has 0 radical (unpaired) electrons. The van der Waals surface area contributed by atoms with Gasteiger partial charge in [0.25, 0.3) is 12.9 Å². The van der Waals surface area contributed by atoms with Gasteiger partial charge in [0.05, 0.1) is 6.04 Å². The summed E-state index contributed by atoms with van der Waals surface area (Å²) in [6.45, 7) is 12.1. The van der Waals surface area contributed by atoms with Crippen molar-refractivity contribution in [2.24, 2.45) is 0 Å². The molecular formula is C17H35N3O5. The Bertz CT molecular complexity index is 365. The second-order valence-electron chi connectivity index (χ2n) is 6.43. The number of hydrogen-bond donors (Lipinski definition) is 3. The van der Waals surface area contributed by atoms with E-state index in [1.54, 1.807) is 0 Å². The number of amides is 1. The molecule has 1 aliphatic heterocycles. The molecule has 0 aromatic carbocycles. The van der Waals surface area contributed by atoms with Gasteiger partial charge in [-0.2, -0.15) is 0 Å². The van der Waals surface area contributed by atoms with E-state index >= 15 is 0 Å². The van der Waals surface area contributed by atoms with Crippen LogP contribution in [0.1, 0.15) is 47.0 Å². The second-order valence-corrected chi connectivity index (χ2v) is 6.43. The molecule has 1 saturated heterocycles. The van der Waals surface area contributed by atoms with Crippen LogP contribution in [-0.2, 0) is 14.4 Å². The Morgan fingerprint density at radius 2 is 1.64 bits per heavy atom. The van der Waals surface area contributed by atoms with Gasteiger partial charge in [-0.05, 0) is 59.8 Å². The lowest BCUT2D eigenvalue weighted by Gasteiger charge is -2.36. The van der Waals surface area contributed by atoms with E-state index in [2.05, 4.69) is 42.8 Å². The fraction of sp³-hybridized carbons (Fsp3) is 0.824. The smallest absolute Gasteiger partial charge is 0.290 e. The van der Waals surface area contributed by atoms with Crippen LogP contribution in [0, 0.1) is 0 Å². The molecule has 8 heteroatoms. The van der Waals surface area contributed by atoms with Crippen LogP contribution >= 0.6 is 0 Å². The lowest BCUT2D eigenvalue weighted by Crippen LogP contribution is -2.53. The van der Waals surface area contributed by atoms with Crippen LogP contribution in [0.2, 0.25) is 0 Å². The number of nitrogens with one attached hydrogen (secondary N) is 1. The average molecular weight is 361 g/mol. The van der Waals surface area contributed by atoms with Gasteiger partial charge in [0.1, 0.15) is 0 Å². The minimum absolute atomic E-state index is 0.000576. The molecule has 25 heavy (non-hydrogen) atoms. The summed E-state index contributed by atoms with van der Waals surface area (Å²) in [7, 11) is 2.01. The number of carbonyl (C=O) groups excluding carboxylic acids is 1. The number of likely N-dealkylation sites (N-methyl/N-ethyl adjacent to an activating group) is 1. The van der Waals surface area contributed by atoms with Crippen LogP contribution < -0.4 is 5.32 Å². The minimum Gasteiger partial charge on any atom is -0.483 e. The molecule has 1 atom stereocenters. The predicted molar refractivity (Wildman–Crippen MR) is 97.7 cm³/mol. The number of rotatable bonds is 7. The van der Waals surface area contributed by atoms with Crippen molar-refractivity contribution in [3.63, 3.8) is 0 Å². The zero-order chi connectivity index (χ0) is 19.9. The van der Waals surface area contributed by atoms with Gasteiger partial charge in [0.2, 0.25) is 5.91 Å². The standard InChI is InChI=1S/C15H31N3O.2CH2O2/c1-6-13(17(5)7-2)14(19)16-12-15(3,4)18-10-8-9-11-18;2*2-1-3/h13H,6-12H2,1-5H3,(H,16,19);2*1H,(H,2,3). The van der Waals surface area contributed by atoms with Gasteiger partial charge in [0.15, 0.2) is 0 Å². The molecule has 8 nitrogen and oxygen atoms in total. The Hall–Kier alpha value is -1.67. The topological polar surface area (TPSA) is 110 Å². The van der Waals surface area contributed by atoms with Crippen molar-refractivity contribution in [2.45, 2.75) is 58.5 Å². The Kier molecular flexibility index (Phi) is 15.0. The summed E-state index contributed by atoms with van der Waals surface area (Å²) in [6, 6.07) is -0.000576. The number of hydrogen-bond acceptors (Lipinski definition) is 5. The second kappa shape index (κ2) is 14.7. The van der Waals surface area contributed by atoms with E-state index in [1.807, 2.05) is 7.05 Å². The Labute approximate surface area is 151 Å². The molecule has 0 bridgehead atoms. The van der Waals surface area contributed by atoms with E-state index in [4.69, 9.17) is 19.8 Å². The third-order valence-corrected chi connectivity index (χ3v) is 4.38. The molecule has 0 spiro atoms. The predicted octanol–water partition coefficient (Wildman–Crippen LogP) is 1.11. The van der Waals surface area contributed by atoms with E-state index in [-0.39, 0.29) is 30.4 Å². The van der Waals surface area contributed by atoms with Crippen LogP contribution in [0.15, 0.2) is 0 Å². The maximum atomic E-state index is 12.3. The highest BCUT2D eigenvalue weighted by atomic mass is 16.3. The van der Waals surface area contributed by atoms with Crippen molar-refractivity contribution in [1.82, 2.24) is 15.1 Å². The van der Waals surface area contributed by atoms with Crippen molar-refractivity contribution < 1.29 is 24.6 Å². The number of nitrogens with zero attached hydrogens (tertiary/aromatic N) is 2. The molecular weight excluding hydrogens is 326 g/mol. The maximum Gasteiger partial charge on any atom is 0.290 e. The number of carbonyl (C=O) groups is 3. The molecule has 1 unspecified atom stereocenters. The quantitative estimate of drug-likeness (QED) is 0.583. The van der Waals surface area contributed by atoms with Crippen LogP contribution in [0.5, 0.6) is 0 Å². The van der Waals surface area contributed by atoms with Gasteiger partial charge in [-0.25, -0.2) is 0 Å². The van der Waals surface area contributed by atoms with Gasteiger partial charge in [0, 0.05) is 12.1 Å². The highest BCUT2D eigenvalue weighted by Gasteiger charge is 2.30. The molecule has 0 aliphatic carbocycles. The fourth-order valence-corrected chi connectivity index (χ4v) is 2.77. The van der Waals surface area contributed by atoms with Gasteiger partial charge in [-0.3, -0.25) is 24.2 Å². The summed E-state index contributed by atoms with van der Waals surface area (Å²) in [4.78, 5) is 33.6. The zero-order valence-corrected chi connectivity index (χ0v) is 16.2. The van der Waals surface area contributed by atoms with Crippen LogP contribution in [0.4, 0.5) is 0 Å². The molecule has 1 rings (SSSR count). The lowest BCUT2D eigenvalue weighted by molar-refractivity contribution is -0.126. The monoisotopic (exact) mass is 361 g/mol. The molecule has 1 aliphatic rings. The minimum atomic E-state index is -0.250. The Morgan fingerprint density at radius 3 is 2.00 bits per heavy atom. The average Bonchev–Trinajstić information content (AvgIpc) is 3.10. The van der Waals surface area contributed by atoms with Gasteiger partial charge < -0.3 is 15.5 Å². The SMILES string of the molecule is CCC(C(=O)NCC(C)(C)N1CCCC1)N(C)CC.O=CO.O=CO. The molecule has 148 valence electrons. The number of likely N-dealkylation sites (tertiary alicyclic amines) is 1. The highest BCUT2D eigenvalue weighted by molar-refractivity contribution is 5.81. The first-order valence-corrected chi connectivity index (χ1v) is 8.64. The fourth-order valence-electron chi connectivity index (χ4n) is 2.77. The van der Waals surface area contributed by atoms with E-state index in [1.165, 1.54) is 12.8 Å². The summed E-state index contributed by atoms with van der Waals surface area (Å²) in [5, 5.41) is 16.9. The molecule has 1 amide bonds. The molecule has 0 saturated carbocycles. The number of carboxylic acid groups (broad SMARTS) is 2. The highest BCUT2D eigenvalue weighted by Crippen LogP contribution is 2.20. The van der Waals surface area contributed by atoms with E-state index in [9.17, 15) is 4.79 Å². The Balaban J connectivity index is 0. The molecule has 0 aromatic rings. The van der Waals surface area contributed by atoms with Gasteiger partial charge in [-0.1, -0.05) is 13.8 Å². The summed E-state index contributed by atoms with van der Waals surface area (Å²) in [5.74, 6) is 0.166. The summed E-state index contributed by atoms with van der Waals surface area (Å²) < 4.78 is 0. The van der Waals surface area contributed by atoms with E-state index in [0.717, 1.165) is 32.6 Å². The van der Waals surface area contributed by atoms with Crippen LogP contribution in [-0.4, -0.2) is 83.7 Å². The van der Waals surface area contributed by atoms with Crippen molar-refractivity contribution >= 4 is 18.9 Å². The lowest BCUT2D eigenvalue weighted by atomic mass is 10.0. The zero-order valence-electron chi connectivity index (χ0n) is 16.2. The van der Waals surface area contributed by atoms with Crippen molar-refractivity contribution in [2.75, 3.05) is 33.2 Å². The van der Waals surface area contributed by atoms with Crippen LogP contribution in [0.3, 0.4) is 0 Å². The maximum absolute atomic E-state index is 12.3. The van der Waals surface area contributed by atoms with Crippen LogP contribution in [0.25, 0.3) is 0 Å². The van der Waals surface area contributed by atoms with Crippen molar-refractivity contribution in [1.29, 1.82) is 0 Å². The van der Waals surface area contributed by atoms with E-state index in [0.29, 0.717) is 0 Å². The molecule has 1 fully saturated rings. The molecule has 3 N–H and O–H groups in total.